The van der Waals surface area contributed by atoms with Crippen molar-refractivity contribution in [2.45, 2.75) is 18.9 Å². The van der Waals surface area contributed by atoms with Crippen molar-refractivity contribution in [1.82, 2.24) is 5.32 Å². The third kappa shape index (κ3) is 4.80. The third-order valence-corrected chi connectivity index (χ3v) is 4.45. The summed E-state index contributed by atoms with van der Waals surface area (Å²) in [5.41, 5.74) is 2.61. The normalized spacial score (nSPS) is 14.0. The lowest BCUT2D eigenvalue weighted by Gasteiger charge is -2.26. The summed E-state index contributed by atoms with van der Waals surface area (Å²) in [5.74, 6) is 0.998. The lowest BCUT2D eigenvalue weighted by Crippen LogP contribution is -2.35. The van der Waals surface area contributed by atoms with E-state index in [0.29, 0.717) is 17.7 Å². The highest BCUT2D eigenvalue weighted by molar-refractivity contribution is 7.84. The molecule has 0 radical (unpaired) electrons. The molecule has 112 valence electrons. The zero-order chi connectivity index (χ0) is 15.1. The maximum Gasteiger partial charge on any atom is 0.0357 e. The molecule has 0 amide bonds. The van der Waals surface area contributed by atoms with Crippen LogP contribution in [0.2, 0.25) is 0 Å². The van der Waals surface area contributed by atoms with Crippen LogP contribution < -0.4 is 5.32 Å². The molecular weight excluding hydrogens is 278 g/mol. The topological polar surface area (TPSA) is 29.1 Å². The standard InChI is InChI=1S/C18H23NOS/c1-15(19-13-14-21(2)20)18(16-9-5-3-6-10-16)17-11-7-4-8-12-17/h3-12,15,18-19H,13-14H2,1-2H3. The summed E-state index contributed by atoms with van der Waals surface area (Å²) in [4.78, 5) is 0. The summed E-state index contributed by atoms with van der Waals surface area (Å²) in [5, 5.41) is 3.52. The van der Waals surface area contributed by atoms with Gasteiger partial charge in [-0.3, -0.25) is 4.21 Å². The first-order valence-electron chi connectivity index (χ1n) is 7.32. The quantitative estimate of drug-likeness (QED) is 0.851. The molecule has 3 heteroatoms. The Bertz CT molecular complexity index is 516. The fourth-order valence-electron chi connectivity index (χ4n) is 2.64. The van der Waals surface area contributed by atoms with Crippen LogP contribution >= 0.6 is 0 Å². The van der Waals surface area contributed by atoms with Crippen molar-refractivity contribution in [3.63, 3.8) is 0 Å². The van der Waals surface area contributed by atoms with Gasteiger partial charge in [-0.05, 0) is 18.1 Å². The largest absolute Gasteiger partial charge is 0.312 e. The van der Waals surface area contributed by atoms with Crippen LogP contribution in [0.3, 0.4) is 0 Å². The number of hydrogen-bond acceptors (Lipinski definition) is 2. The van der Waals surface area contributed by atoms with Crippen molar-refractivity contribution in [2.75, 3.05) is 18.6 Å². The van der Waals surface area contributed by atoms with E-state index in [1.54, 1.807) is 6.26 Å². The molecule has 2 unspecified atom stereocenters. The maximum atomic E-state index is 11.2. The van der Waals surface area contributed by atoms with E-state index in [-0.39, 0.29) is 0 Å². The summed E-state index contributed by atoms with van der Waals surface area (Å²) in [6.45, 7) is 2.98. The lowest BCUT2D eigenvalue weighted by molar-refractivity contribution is 0.515. The van der Waals surface area contributed by atoms with Crippen LogP contribution in [-0.2, 0) is 10.8 Å². The van der Waals surface area contributed by atoms with E-state index in [1.807, 2.05) is 12.1 Å². The van der Waals surface area contributed by atoms with Crippen molar-refractivity contribution in [1.29, 1.82) is 0 Å². The van der Waals surface area contributed by atoms with Crippen LogP contribution in [0.15, 0.2) is 60.7 Å². The molecule has 1 N–H and O–H groups in total. The molecule has 0 aromatic heterocycles. The molecule has 0 heterocycles. The zero-order valence-corrected chi connectivity index (χ0v) is 13.5. The van der Waals surface area contributed by atoms with Gasteiger partial charge in [-0.2, -0.15) is 0 Å². The second kappa shape index (κ2) is 8.11. The van der Waals surface area contributed by atoms with Gasteiger partial charge in [0.05, 0.1) is 0 Å². The number of nitrogens with one attached hydrogen (secondary N) is 1. The molecular formula is C18H23NOS. The Labute approximate surface area is 130 Å². The van der Waals surface area contributed by atoms with E-state index < -0.39 is 10.8 Å². The Morgan fingerprint density at radius 1 is 0.952 bits per heavy atom. The monoisotopic (exact) mass is 301 g/mol. The smallest absolute Gasteiger partial charge is 0.0357 e. The molecule has 0 aliphatic rings. The average molecular weight is 301 g/mol. The SMILES string of the molecule is CC(NCCS(C)=O)C(c1ccccc1)c1ccccc1. The fraction of sp³-hybridized carbons (Fsp3) is 0.333. The predicted octanol–water partition coefficient (Wildman–Crippen LogP) is 3.18. The van der Waals surface area contributed by atoms with Crippen LogP contribution in [0.5, 0.6) is 0 Å². The van der Waals surface area contributed by atoms with Crippen molar-refractivity contribution in [3.05, 3.63) is 71.8 Å². The van der Waals surface area contributed by atoms with Crippen LogP contribution in [0.25, 0.3) is 0 Å². The Morgan fingerprint density at radius 2 is 1.43 bits per heavy atom. The average Bonchev–Trinajstić information content (AvgIpc) is 2.49. The highest BCUT2D eigenvalue weighted by atomic mass is 32.2. The molecule has 2 rings (SSSR count). The van der Waals surface area contributed by atoms with E-state index in [1.165, 1.54) is 11.1 Å². The van der Waals surface area contributed by atoms with Gasteiger partial charge < -0.3 is 5.32 Å². The second-order valence-corrected chi connectivity index (χ2v) is 6.87. The van der Waals surface area contributed by atoms with E-state index in [2.05, 4.69) is 60.8 Å². The second-order valence-electron chi connectivity index (χ2n) is 5.32. The predicted molar refractivity (Wildman–Crippen MR) is 91.1 cm³/mol. The molecule has 0 saturated heterocycles. The van der Waals surface area contributed by atoms with Gasteiger partial charge in [0, 0.05) is 41.3 Å². The maximum absolute atomic E-state index is 11.2. The Hall–Kier alpha value is -1.45. The summed E-state index contributed by atoms with van der Waals surface area (Å²) in [6.07, 6.45) is 1.75. The minimum Gasteiger partial charge on any atom is -0.312 e. The molecule has 0 aliphatic heterocycles. The van der Waals surface area contributed by atoms with Crippen molar-refractivity contribution >= 4 is 10.8 Å². The van der Waals surface area contributed by atoms with Gasteiger partial charge in [-0.25, -0.2) is 0 Å². The third-order valence-electron chi connectivity index (χ3n) is 3.67. The lowest BCUT2D eigenvalue weighted by atomic mass is 9.86. The Morgan fingerprint density at radius 3 is 1.86 bits per heavy atom. The molecule has 0 aliphatic carbocycles. The molecule has 2 aromatic carbocycles. The molecule has 2 nitrogen and oxygen atoms in total. The highest BCUT2D eigenvalue weighted by Crippen LogP contribution is 2.27. The summed E-state index contributed by atoms with van der Waals surface area (Å²) in [6, 6.07) is 21.4. The van der Waals surface area contributed by atoms with Gasteiger partial charge in [-0.15, -0.1) is 0 Å². The molecule has 0 fully saturated rings. The first-order chi connectivity index (χ1) is 10.2. The molecule has 0 spiro atoms. The van der Waals surface area contributed by atoms with E-state index in [0.717, 1.165) is 6.54 Å². The van der Waals surface area contributed by atoms with Crippen molar-refractivity contribution in [2.24, 2.45) is 0 Å². The van der Waals surface area contributed by atoms with E-state index in [4.69, 9.17) is 0 Å². The molecule has 2 atom stereocenters. The molecule has 2 aromatic rings. The van der Waals surface area contributed by atoms with Gasteiger partial charge in [-0.1, -0.05) is 60.7 Å². The minimum absolute atomic E-state index is 0.290. The van der Waals surface area contributed by atoms with Gasteiger partial charge in [0.15, 0.2) is 0 Å². The summed E-state index contributed by atoms with van der Waals surface area (Å²) in [7, 11) is -0.747. The van der Waals surface area contributed by atoms with Gasteiger partial charge in [0.25, 0.3) is 0 Å². The van der Waals surface area contributed by atoms with Crippen LogP contribution in [0, 0.1) is 0 Å². The van der Waals surface area contributed by atoms with Gasteiger partial charge in [0.1, 0.15) is 0 Å². The Kier molecular flexibility index (Phi) is 6.15. The van der Waals surface area contributed by atoms with E-state index in [9.17, 15) is 4.21 Å². The number of benzene rings is 2. The Balaban J connectivity index is 2.18. The summed E-state index contributed by atoms with van der Waals surface area (Å²) < 4.78 is 11.2. The molecule has 0 saturated carbocycles. The number of hydrogen-bond donors (Lipinski definition) is 1. The minimum atomic E-state index is -0.747. The zero-order valence-electron chi connectivity index (χ0n) is 12.7. The highest BCUT2D eigenvalue weighted by Gasteiger charge is 2.20. The van der Waals surface area contributed by atoms with Crippen molar-refractivity contribution in [3.8, 4) is 0 Å². The molecule has 21 heavy (non-hydrogen) atoms. The number of rotatable bonds is 7. The summed E-state index contributed by atoms with van der Waals surface area (Å²) >= 11 is 0. The fourth-order valence-corrected chi connectivity index (χ4v) is 3.04. The van der Waals surface area contributed by atoms with Crippen LogP contribution in [-0.4, -0.2) is 28.8 Å². The molecule has 0 bridgehead atoms. The van der Waals surface area contributed by atoms with Crippen LogP contribution in [0.1, 0.15) is 24.0 Å². The first-order valence-corrected chi connectivity index (χ1v) is 9.04. The van der Waals surface area contributed by atoms with E-state index >= 15 is 0 Å². The van der Waals surface area contributed by atoms with Crippen molar-refractivity contribution < 1.29 is 4.21 Å². The van der Waals surface area contributed by atoms with Gasteiger partial charge in [0.2, 0.25) is 0 Å². The first kappa shape index (κ1) is 15.9. The van der Waals surface area contributed by atoms with Crippen LogP contribution in [0.4, 0.5) is 0 Å². The van der Waals surface area contributed by atoms with Gasteiger partial charge >= 0.3 is 0 Å².